The number of nitrogens with one attached hydrogen (secondary N) is 2. The fraction of sp³-hybridized carbons (Fsp3) is 0.0833. The van der Waals surface area contributed by atoms with E-state index in [2.05, 4.69) is 15.3 Å². The molecule has 0 aliphatic carbocycles. The summed E-state index contributed by atoms with van der Waals surface area (Å²) >= 11 is 0. The van der Waals surface area contributed by atoms with Crippen LogP contribution in [0.1, 0.15) is 16.1 Å². The molecular weight excluding hydrogens is 598 g/mol. The molecule has 0 saturated heterocycles. The molecule has 0 atom stereocenters. The number of amides is 1. The van der Waals surface area contributed by atoms with Crippen LogP contribution in [0, 0.1) is 0 Å². The molecule has 2 N–H and O–H groups in total. The molecule has 4 aromatic heterocycles. The number of carbonyl (C=O) groups excluding carboxylic acids is 1. The van der Waals surface area contributed by atoms with E-state index in [4.69, 9.17) is 9.40 Å². The molecule has 0 aliphatic heterocycles. The van der Waals surface area contributed by atoms with Crippen LogP contribution in [0.15, 0.2) is 131 Å². The minimum absolute atomic E-state index is 0.131. The lowest BCUT2D eigenvalue weighted by atomic mass is 9.92. The number of sulfonamides is 1. The van der Waals surface area contributed by atoms with Gasteiger partial charge in [0.05, 0.1) is 12.0 Å². The van der Waals surface area contributed by atoms with Gasteiger partial charge in [-0.2, -0.15) is 8.42 Å². The molecule has 9 nitrogen and oxygen atoms in total. The monoisotopic (exact) mass is 627 g/mol. The summed E-state index contributed by atoms with van der Waals surface area (Å²) in [6, 6.07) is 31.6. The molecule has 46 heavy (non-hydrogen) atoms. The molecule has 0 saturated carbocycles. The zero-order valence-electron chi connectivity index (χ0n) is 24.8. The van der Waals surface area contributed by atoms with Crippen LogP contribution in [0.4, 0.5) is 5.69 Å². The molecule has 3 aromatic carbocycles. The fourth-order valence-electron chi connectivity index (χ4n) is 5.60. The first-order valence-electron chi connectivity index (χ1n) is 14.7. The van der Waals surface area contributed by atoms with E-state index < -0.39 is 10.0 Å². The number of anilines is 1. The summed E-state index contributed by atoms with van der Waals surface area (Å²) in [5.74, 6) is -0.155. The number of aromatic amines is 1. The normalized spacial score (nSPS) is 11.6. The highest BCUT2D eigenvalue weighted by atomic mass is 32.2. The number of fused-ring (bicyclic) bond motifs is 3. The van der Waals surface area contributed by atoms with Crippen LogP contribution >= 0.6 is 0 Å². The maximum atomic E-state index is 13.2. The third-order valence-electron chi connectivity index (χ3n) is 7.99. The quantitative estimate of drug-likeness (QED) is 0.181. The van der Waals surface area contributed by atoms with Gasteiger partial charge in [-0.15, -0.1) is 0 Å². The largest absolute Gasteiger partial charge is 0.451 e. The molecule has 0 spiro atoms. The Bertz CT molecular complexity index is 2270. The van der Waals surface area contributed by atoms with Crippen molar-refractivity contribution in [3.63, 3.8) is 0 Å². The lowest BCUT2D eigenvalue weighted by Crippen LogP contribution is -2.26. The average molecular weight is 628 g/mol. The molecule has 1 amide bonds. The number of benzene rings is 3. The number of rotatable bonds is 9. The Kier molecular flexibility index (Phi) is 7.55. The van der Waals surface area contributed by atoms with Gasteiger partial charge in [0.25, 0.3) is 15.9 Å². The molecule has 7 rings (SSSR count). The minimum atomic E-state index is -3.89. The van der Waals surface area contributed by atoms with Crippen LogP contribution < -0.4 is 9.62 Å². The Labute approximate surface area is 265 Å². The van der Waals surface area contributed by atoms with Crippen molar-refractivity contribution in [3.05, 3.63) is 133 Å². The van der Waals surface area contributed by atoms with E-state index in [0.717, 1.165) is 44.2 Å². The molecule has 0 bridgehead atoms. The zero-order chi connectivity index (χ0) is 31.7. The van der Waals surface area contributed by atoms with Crippen molar-refractivity contribution in [3.8, 4) is 22.3 Å². The smallest absolute Gasteiger partial charge is 0.297 e. The van der Waals surface area contributed by atoms with E-state index >= 15 is 0 Å². The number of hydrogen-bond donors (Lipinski definition) is 2. The summed E-state index contributed by atoms with van der Waals surface area (Å²) < 4.78 is 32.9. The van der Waals surface area contributed by atoms with Crippen molar-refractivity contribution >= 4 is 43.6 Å². The second-order valence-corrected chi connectivity index (χ2v) is 12.7. The highest BCUT2D eigenvalue weighted by Crippen LogP contribution is 2.41. The van der Waals surface area contributed by atoms with Crippen molar-refractivity contribution in [2.75, 3.05) is 17.9 Å². The molecule has 0 radical (unpaired) electrons. The van der Waals surface area contributed by atoms with Gasteiger partial charge in [-0.3, -0.25) is 14.1 Å². The molecule has 0 unspecified atom stereocenters. The maximum Gasteiger partial charge on any atom is 0.297 e. The molecule has 10 heteroatoms. The Balaban J connectivity index is 1.27. The van der Waals surface area contributed by atoms with E-state index in [1.807, 2.05) is 91.1 Å². The fourth-order valence-corrected chi connectivity index (χ4v) is 6.69. The van der Waals surface area contributed by atoms with Gasteiger partial charge in [0.2, 0.25) is 5.09 Å². The highest BCUT2D eigenvalue weighted by molar-refractivity contribution is 7.92. The first kappa shape index (κ1) is 29.0. The summed E-state index contributed by atoms with van der Waals surface area (Å²) in [7, 11) is -2.39. The molecule has 4 heterocycles. The minimum Gasteiger partial charge on any atom is -0.451 e. The van der Waals surface area contributed by atoms with Crippen molar-refractivity contribution < 1.29 is 17.6 Å². The Morgan fingerprint density at radius 2 is 1.70 bits per heavy atom. The van der Waals surface area contributed by atoms with Crippen molar-refractivity contribution in [1.29, 1.82) is 0 Å². The Morgan fingerprint density at radius 1 is 0.891 bits per heavy atom. The van der Waals surface area contributed by atoms with Crippen molar-refractivity contribution in [1.82, 2.24) is 20.3 Å². The third kappa shape index (κ3) is 5.39. The highest BCUT2D eigenvalue weighted by Gasteiger charge is 2.25. The molecule has 0 fully saturated rings. The van der Waals surface area contributed by atoms with E-state index in [1.165, 1.54) is 23.7 Å². The van der Waals surface area contributed by atoms with Gasteiger partial charge in [0, 0.05) is 71.1 Å². The summed E-state index contributed by atoms with van der Waals surface area (Å²) in [6.45, 7) is 0.483. The van der Waals surface area contributed by atoms with Crippen LogP contribution in [0.25, 0.3) is 44.2 Å². The van der Waals surface area contributed by atoms with Gasteiger partial charge in [-0.25, -0.2) is 4.98 Å². The Hall–Kier alpha value is -5.74. The first-order valence-corrected chi connectivity index (χ1v) is 16.1. The van der Waals surface area contributed by atoms with E-state index in [9.17, 15) is 13.2 Å². The van der Waals surface area contributed by atoms with E-state index in [1.54, 1.807) is 18.3 Å². The molecular formula is C36H29N5O4S. The zero-order valence-corrected chi connectivity index (χ0v) is 25.7. The van der Waals surface area contributed by atoms with Crippen LogP contribution in [0.5, 0.6) is 0 Å². The van der Waals surface area contributed by atoms with Crippen LogP contribution in [0.3, 0.4) is 0 Å². The van der Waals surface area contributed by atoms with Gasteiger partial charge in [-0.05, 0) is 65.7 Å². The lowest BCUT2D eigenvalue weighted by molar-refractivity contribution is 0.0954. The summed E-state index contributed by atoms with van der Waals surface area (Å²) in [5, 5.41) is 4.53. The summed E-state index contributed by atoms with van der Waals surface area (Å²) in [4.78, 5) is 25.4. The van der Waals surface area contributed by atoms with Crippen molar-refractivity contribution in [2.24, 2.45) is 0 Å². The first-order chi connectivity index (χ1) is 22.4. The number of carbonyl (C=O) groups is 1. The van der Waals surface area contributed by atoms with E-state index in [-0.39, 0.29) is 11.0 Å². The summed E-state index contributed by atoms with van der Waals surface area (Å²) in [6.07, 6.45) is 5.56. The second kappa shape index (κ2) is 12.0. The second-order valence-electron chi connectivity index (χ2n) is 10.8. The standard InChI is InChI=1S/C36H29N5O4S/c1-41(46(43,44)32-11-7-21-45-32)28-16-17-31-29(22-28)34-33(25-8-3-2-4-9-25)30(23-39-35(34)40-31)24-12-14-26(15-13-24)36(42)38-20-18-27-10-5-6-19-37-27/h2-17,19,21-23H,18,20H2,1H3,(H,38,42)(H,39,40). The van der Waals surface area contributed by atoms with Gasteiger partial charge in [0.15, 0.2) is 0 Å². The lowest BCUT2D eigenvalue weighted by Gasteiger charge is -2.18. The number of pyridine rings is 2. The van der Waals surface area contributed by atoms with Crippen LogP contribution in [0.2, 0.25) is 0 Å². The third-order valence-corrected chi connectivity index (χ3v) is 9.66. The van der Waals surface area contributed by atoms with Crippen LogP contribution in [-0.4, -0.2) is 42.9 Å². The SMILES string of the molecule is CN(c1ccc2[nH]c3ncc(-c4ccc(C(=O)NCCc5ccccn5)cc4)c(-c4ccccc4)c3c2c1)S(=O)(=O)c1ccco1. The number of hydrogen-bond acceptors (Lipinski definition) is 6. The predicted octanol–water partition coefficient (Wildman–Crippen LogP) is 6.84. The maximum absolute atomic E-state index is 13.2. The van der Waals surface area contributed by atoms with Crippen LogP contribution in [-0.2, 0) is 16.4 Å². The predicted molar refractivity (Wildman–Crippen MR) is 179 cm³/mol. The van der Waals surface area contributed by atoms with Gasteiger partial charge in [-0.1, -0.05) is 48.5 Å². The van der Waals surface area contributed by atoms with Gasteiger partial charge >= 0.3 is 0 Å². The Morgan fingerprint density at radius 3 is 2.43 bits per heavy atom. The van der Waals surface area contributed by atoms with Gasteiger partial charge in [0.1, 0.15) is 5.65 Å². The van der Waals surface area contributed by atoms with Gasteiger partial charge < -0.3 is 14.7 Å². The topological polar surface area (TPSA) is 121 Å². The number of nitrogens with zero attached hydrogens (tertiary/aromatic N) is 3. The molecule has 228 valence electrons. The number of H-pyrrole nitrogens is 1. The van der Waals surface area contributed by atoms with Crippen molar-refractivity contribution in [2.45, 2.75) is 11.5 Å². The molecule has 0 aliphatic rings. The molecule has 7 aromatic rings. The average Bonchev–Trinajstić information content (AvgIpc) is 3.78. The number of furan rings is 1. The number of aromatic nitrogens is 3. The van der Waals surface area contributed by atoms with E-state index in [0.29, 0.717) is 29.9 Å². The summed E-state index contributed by atoms with van der Waals surface area (Å²) in [5.41, 5.74) is 7.14.